The maximum Gasteiger partial charge on any atom is 0.0703 e. The van der Waals surface area contributed by atoms with E-state index in [2.05, 4.69) is 39.5 Å². The van der Waals surface area contributed by atoms with Crippen LogP contribution in [0.25, 0.3) is 10.9 Å². The highest BCUT2D eigenvalue weighted by Crippen LogP contribution is 2.16. The Morgan fingerprint density at radius 1 is 1.20 bits per heavy atom. The zero-order valence-corrected chi connectivity index (χ0v) is 11.7. The van der Waals surface area contributed by atoms with Crippen molar-refractivity contribution in [1.82, 2.24) is 9.88 Å². The molecule has 0 spiro atoms. The Balaban J connectivity index is 1.47. The molecule has 1 N–H and O–H groups in total. The summed E-state index contributed by atoms with van der Waals surface area (Å²) >= 11 is 0. The van der Waals surface area contributed by atoms with E-state index >= 15 is 0 Å². The van der Waals surface area contributed by atoms with Crippen LogP contribution in [-0.4, -0.2) is 49.3 Å². The predicted octanol–water partition coefficient (Wildman–Crippen LogP) is 2.37. The van der Waals surface area contributed by atoms with Gasteiger partial charge in [-0.05, 0) is 37.2 Å². The quantitative estimate of drug-likeness (QED) is 0.847. The van der Waals surface area contributed by atoms with Gasteiger partial charge in [0.25, 0.3) is 0 Å². The largest absolute Gasteiger partial charge is 0.385 e. The van der Waals surface area contributed by atoms with Crippen LogP contribution in [0.2, 0.25) is 0 Å². The van der Waals surface area contributed by atoms with Gasteiger partial charge in [-0.3, -0.25) is 9.88 Å². The molecule has 1 aliphatic heterocycles. The Morgan fingerprint density at radius 3 is 3.00 bits per heavy atom. The van der Waals surface area contributed by atoms with Crippen LogP contribution in [0.1, 0.15) is 6.42 Å². The second-order valence-electron chi connectivity index (χ2n) is 5.15. The monoisotopic (exact) mass is 271 g/mol. The number of anilines is 1. The van der Waals surface area contributed by atoms with Crippen LogP contribution in [0.3, 0.4) is 0 Å². The van der Waals surface area contributed by atoms with Crippen LogP contribution in [0.4, 0.5) is 5.69 Å². The fourth-order valence-corrected chi connectivity index (χ4v) is 2.55. The van der Waals surface area contributed by atoms with E-state index < -0.39 is 0 Å². The number of morpholine rings is 1. The van der Waals surface area contributed by atoms with Crippen LogP contribution in [0.5, 0.6) is 0 Å². The van der Waals surface area contributed by atoms with Gasteiger partial charge in [-0.1, -0.05) is 6.07 Å². The minimum absolute atomic E-state index is 0.880. The van der Waals surface area contributed by atoms with E-state index in [0.717, 1.165) is 51.3 Å². The lowest BCUT2D eigenvalue weighted by Gasteiger charge is -2.26. The number of rotatable bonds is 5. The third kappa shape index (κ3) is 3.46. The summed E-state index contributed by atoms with van der Waals surface area (Å²) < 4.78 is 5.35. The first kappa shape index (κ1) is 13.3. The summed E-state index contributed by atoms with van der Waals surface area (Å²) in [7, 11) is 0. The van der Waals surface area contributed by atoms with Crippen molar-refractivity contribution in [3.05, 3.63) is 36.5 Å². The van der Waals surface area contributed by atoms with Crippen LogP contribution >= 0.6 is 0 Å². The molecule has 2 heterocycles. The van der Waals surface area contributed by atoms with Crippen molar-refractivity contribution in [3.8, 4) is 0 Å². The molecule has 3 rings (SSSR count). The molecule has 1 aliphatic rings. The molecular formula is C16H21N3O. The van der Waals surface area contributed by atoms with E-state index in [1.54, 1.807) is 0 Å². The van der Waals surface area contributed by atoms with Gasteiger partial charge in [0.2, 0.25) is 0 Å². The lowest BCUT2D eigenvalue weighted by atomic mass is 10.2. The molecule has 106 valence electrons. The van der Waals surface area contributed by atoms with Gasteiger partial charge in [0.15, 0.2) is 0 Å². The van der Waals surface area contributed by atoms with E-state index in [-0.39, 0.29) is 0 Å². The third-order valence-corrected chi connectivity index (χ3v) is 3.69. The molecule has 0 radical (unpaired) electrons. The maximum atomic E-state index is 5.35. The van der Waals surface area contributed by atoms with Gasteiger partial charge < -0.3 is 10.1 Å². The summed E-state index contributed by atoms with van der Waals surface area (Å²) in [5.41, 5.74) is 2.22. The summed E-state index contributed by atoms with van der Waals surface area (Å²) in [6.45, 7) is 6.05. The van der Waals surface area contributed by atoms with Crippen LogP contribution < -0.4 is 5.32 Å². The van der Waals surface area contributed by atoms with Crippen molar-refractivity contribution >= 4 is 16.6 Å². The Labute approximate surface area is 119 Å². The Bertz CT molecular complexity index is 552. The number of pyridine rings is 1. The highest BCUT2D eigenvalue weighted by molar-refractivity contribution is 5.82. The number of hydrogen-bond acceptors (Lipinski definition) is 4. The Hall–Kier alpha value is -1.65. The number of fused-ring (bicyclic) bond motifs is 1. The van der Waals surface area contributed by atoms with Crippen molar-refractivity contribution in [2.45, 2.75) is 6.42 Å². The first-order valence-corrected chi connectivity index (χ1v) is 7.30. The second kappa shape index (κ2) is 6.68. The number of hydrogen-bond donors (Lipinski definition) is 1. The lowest BCUT2D eigenvalue weighted by Crippen LogP contribution is -2.37. The average Bonchev–Trinajstić information content (AvgIpc) is 2.52. The van der Waals surface area contributed by atoms with E-state index in [9.17, 15) is 0 Å². The van der Waals surface area contributed by atoms with E-state index in [1.165, 1.54) is 11.1 Å². The molecule has 0 unspecified atom stereocenters. The lowest BCUT2D eigenvalue weighted by molar-refractivity contribution is 0.0378. The summed E-state index contributed by atoms with van der Waals surface area (Å²) in [6, 6.07) is 10.4. The Morgan fingerprint density at radius 2 is 2.10 bits per heavy atom. The summed E-state index contributed by atoms with van der Waals surface area (Å²) in [5, 5.41) is 4.68. The minimum Gasteiger partial charge on any atom is -0.385 e. The molecule has 0 atom stereocenters. The van der Waals surface area contributed by atoms with Crippen molar-refractivity contribution in [1.29, 1.82) is 0 Å². The van der Waals surface area contributed by atoms with Crippen LogP contribution in [0.15, 0.2) is 36.5 Å². The molecule has 4 heteroatoms. The normalized spacial score (nSPS) is 16.4. The molecule has 1 aromatic carbocycles. The summed E-state index contributed by atoms with van der Waals surface area (Å²) in [4.78, 5) is 6.80. The zero-order valence-electron chi connectivity index (χ0n) is 11.7. The van der Waals surface area contributed by atoms with Gasteiger partial charge in [-0.25, -0.2) is 0 Å². The van der Waals surface area contributed by atoms with Gasteiger partial charge in [0, 0.05) is 36.9 Å². The fourth-order valence-electron chi connectivity index (χ4n) is 2.55. The molecule has 20 heavy (non-hydrogen) atoms. The summed E-state index contributed by atoms with van der Waals surface area (Å²) in [6.07, 6.45) is 2.99. The average molecular weight is 271 g/mol. The highest BCUT2D eigenvalue weighted by atomic mass is 16.5. The van der Waals surface area contributed by atoms with Crippen molar-refractivity contribution in [3.63, 3.8) is 0 Å². The van der Waals surface area contributed by atoms with Crippen LogP contribution in [0, 0.1) is 0 Å². The molecule has 1 saturated heterocycles. The van der Waals surface area contributed by atoms with Gasteiger partial charge in [-0.15, -0.1) is 0 Å². The maximum absolute atomic E-state index is 5.35. The number of nitrogens with zero attached hydrogens (tertiary/aromatic N) is 2. The number of aromatic nitrogens is 1. The molecule has 0 bridgehead atoms. The molecule has 0 amide bonds. The van der Waals surface area contributed by atoms with Crippen LogP contribution in [-0.2, 0) is 4.74 Å². The summed E-state index contributed by atoms with van der Waals surface area (Å²) in [5.74, 6) is 0. The predicted molar refractivity (Wildman–Crippen MR) is 82.1 cm³/mol. The van der Waals surface area contributed by atoms with Crippen molar-refractivity contribution in [2.24, 2.45) is 0 Å². The van der Waals surface area contributed by atoms with Gasteiger partial charge >= 0.3 is 0 Å². The number of benzene rings is 1. The topological polar surface area (TPSA) is 37.4 Å². The van der Waals surface area contributed by atoms with Gasteiger partial charge in [0.1, 0.15) is 0 Å². The van der Waals surface area contributed by atoms with Gasteiger partial charge in [-0.2, -0.15) is 0 Å². The molecular weight excluding hydrogens is 250 g/mol. The van der Waals surface area contributed by atoms with E-state index in [4.69, 9.17) is 4.74 Å². The SMILES string of the molecule is c1cnc2ccc(NCCCN3CCOCC3)cc2c1. The smallest absolute Gasteiger partial charge is 0.0703 e. The first-order valence-electron chi connectivity index (χ1n) is 7.30. The molecule has 0 saturated carbocycles. The minimum atomic E-state index is 0.880. The van der Waals surface area contributed by atoms with E-state index in [0.29, 0.717) is 0 Å². The number of ether oxygens (including phenoxy) is 1. The standard InChI is InChI=1S/C16H21N3O/c1-3-14-13-15(4-5-16(14)18-6-1)17-7-2-8-19-9-11-20-12-10-19/h1,3-6,13,17H,2,7-12H2. The molecule has 1 fully saturated rings. The molecule has 1 aromatic heterocycles. The third-order valence-electron chi connectivity index (χ3n) is 3.69. The Kier molecular flexibility index (Phi) is 4.46. The molecule has 4 nitrogen and oxygen atoms in total. The number of nitrogens with one attached hydrogen (secondary N) is 1. The van der Waals surface area contributed by atoms with Gasteiger partial charge in [0.05, 0.1) is 18.7 Å². The first-order chi connectivity index (χ1) is 9.92. The zero-order chi connectivity index (χ0) is 13.6. The fraction of sp³-hybridized carbons (Fsp3) is 0.438. The highest BCUT2D eigenvalue weighted by Gasteiger charge is 2.08. The van der Waals surface area contributed by atoms with Crippen molar-refractivity contribution < 1.29 is 4.74 Å². The molecule has 0 aliphatic carbocycles. The van der Waals surface area contributed by atoms with Crippen molar-refractivity contribution in [2.75, 3.05) is 44.7 Å². The van der Waals surface area contributed by atoms with E-state index in [1.807, 2.05) is 12.3 Å². The second-order valence-corrected chi connectivity index (χ2v) is 5.15. The molecule has 2 aromatic rings.